The molecular formula is C37H72N2O8. The van der Waals surface area contributed by atoms with Crippen molar-refractivity contribution in [2.45, 2.75) is 150 Å². The molecule has 0 aromatic heterocycles. The molecule has 10 heteroatoms. The van der Waals surface area contributed by atoms with Gasteiger partial charge in [0.05, 0.1) is 39.3 Å². The molecule has 0 aliphatic heterocycles. The maximum atomic E-state index is 12.2. The Labute approximate surface area is 288 Å². The predicted octanol–water partition coefficient (Wildman–Crippen LogP) is 7.50. The molecule has 0 aromatic rings. The summed E-state index contributed by atoms with van der Waals surface area (Å²) in [6.07, 6.45) is 18.6. The predicted molar refractivity (Wildman–Crippen MR) is 189 cm³/mol. The molecule has 0 radical (unpaired) electrons. The van der Waals surface area contributed by atoms with E-state index in [0.29, 0.717) is 78.1 Å². The Bertz CT molecular complexity index is 716. The number of esters is 3. The molecule has 0 atom stereocenters. The molecule has 0 bridgehead atoms. The van der Waals surface area contributed by atoms with Gasteiger partial charge in [0.2, 0.25) is 0 Å². The number of hydrogen-bond donors (Lipinski definition) is 0. The fraction of sp³-hybridized carbons (Fsp3) is 0.892. The SMILES string of the molecule is CCCCCCCC.CCCCCCCC(=O)OCCCCOC(=O)CCN(CCC(=O)OCCCCOC=O)CCN(C)CCC. The zero-order chi connectivity index (χ0) is 35.2. The molecule has 0 fully saturated rings. The first-order chi connectivity index (χ1) is 22.8. The van der Waals surface area contributed by atoms with E-state index in [4.69, 9.17) is 14.2 Å². The van der Waals surface area contributed by atoms with Gasteiger partial charge in [0.1, 0.15) is 0 Å². The summed E-state index contributed by atoms with van der Waals surface area (Å²) in [6.45, 7) is 14.1. The highest BCUT2D eigenvalue weighted by atomic mass is 16.5. The lowest BCUT2D eigenvalue weighted by atomic mass is 10.1. The second-order valence-corrected chi connectivity index (χ2v) is 12.3. The van der Waals surface area contributed by atoms with E-state index in [9.17, 15) is 19.2 Å². The first-order valence-electron chi connectivity index (χ1n) is 18.8. The molecule has 0 saturated heterocycles. The molecule has 0 aromatic carbocycles. The third-order valence-corrected chi connectivity index (χ3v) is 7.66. The van der Waals surface area contributed by atoms with Crippen molar-refractivity contribution in [2.75, 3.05) is 66.2 Å². The first kappa shape index (κ1) is 46.9. The monoisotopic (exact) mass is 673 g/mol. The van der Waals surface area contributed by atoms with Crippen molar-refractivity contribution in [2.24, 2.45) is 0 Å². The van der Waals surface area contributed by atoms with Crippen LogP contribution in [0.1, 0.15) is 150 Å². The minimum atomic E-state index is -0.280. The summed E-state index contributed by atoms with van der Waals surface area (Å²) in [4.78, 5) is 50.5. The van der Waals surface area contributed by atoms with Gasteiger partial charge in [-0.25, -0.2) is 0 Å². The van der Waals surface area contributed by atoms with E-state index in [-0.39, 0.29) is 30.7 Å². The van der Waals surface area contributed by atoms with Crippen molar-refractivity contribution in [1.82, 2.24) is 9.80 Å². The van der Waals surface area contributed by atoms with Crippen LogP contribution in [0.4, 0.5) is 0 Å². The molecule has 278 valence electrons. The lowest BCUT2D eigenvalue weighted by molar-refractivity contribution is -0.146. The van der Waals surface area contributed by atoms with Crippen LogP contribution in [-0.2, 0) is 38.1 Å². The van der Waals surface area contributed by atoms with Gasteiger partial charge in [-0.15, -0.1) is 0 Å². The van der Waals surface area contributed by atoms with E-state index in [0.717, 1.165) is 45.3 Å². The standard InChI is InChI=1S/C29H54N2O8.C8H18/c1-4-6-7-8-9-14-27(33)37-24-12-13-25-39-29(35)16-19-31(21-20-30(3)17-5-2)18-15-28(34)38-23-11-10-22-36-26-32;1-3-5-7-8-6-4-2/h26H,4-25H2,1-3H3;3-8H2,1-2H3. The highest BCUT2D eigenvalue weighted by molar-refractivity contribution is 5.70. The van der Waals surface area contributed by atoms with Crippen molar-refractivity contribution in [3.05, 3.63) is 0 Å². The lowest BCUT2D eigenvalue weighted by Crippen LogP contribution is -2.36. The Kier molecular flexibility index (Phi) is 38.2. The number of hydrogen-bond acceptors (Lipinski definition) is 10. The van der Waals surface area contributed by atoms with Crippen molar-refractivity contribution < 1.29 is 38.1 Å². The fourth-order valence-corrected chi connectivity index (χ4v) is 4.68. The number of unbranched alkanes of at least 4 members (excludes halogenated alkanes) is 11. The molecule has 0 aliphatic rings. The summed E-state index contributed by atoms with van der Waals surface area (Å²) in [5.74, 6) is -0.703. The van der Waals surface area contributed by atoms with Crippen LogP contribution >= 0.6 is 0 Å². The Hall–Kier alpha value is -2.20. The van der Waals surface area contributed by atoms with Crippen LogP contribution in [0.25, 0.3) is 0 Å². The van der Waals surface area contributed by atoms with Gasteiger partial charge < -0.3 is 28.7 Å². The summed E-state index contributed by atoms with van der Waals surface area (Å²) in [6, 6.07) is 0. The number of ether oxygens (including phenoxy) is 4. The van der Waals surface area contributed by atoms with Crippen molar-refractivity contribution >= 4 is 24.4 Å². The van der Waals surface area contributed by atoms with Gasteiger partial charge in [0.25, 0.3) is 6.47 Å². The van der Waals surface area contributed by atoms with Gasteiger partial charge >= 0.3 is 17.9 Å². The molecule has 47 heavy (non-hydrogen) atoms. The van der Waals surface area contributed by atoms with Crippen molar-refractivity contribution in [3.8, 4) is 0 Å². The summed E-state index contributed by atoms with van der Waals surface area (Å²) in [5.41, 5.74) is 0. The Morgan fingerprint density at radius 3 is 1.32 bits per heavy atom. The Morgan fingerprint density at radius 1 is 0.468 bits per heavy atom. The van der Waals surface area contributed by atoms with Crippen molar-refractivity contribution in [1.29, 1.82) is 0 Å². The highest BCUT2D eigenvalue weighted by Crippen LogP contribution is 2.07. The van der Waals surface area contributed by atoms with E-state index in [2.05, 4.69) is 49.3 Å². The molecule has 0 unspecified atom stereocenters. The number of nitrogens with zero attached hydrogens (tertiary/aromatic N) is 2. The Balaban J connectivity index is 0. The van der Waals surface area contributed by atoms with E-state index >= 15 is 0 Å². The van der Waals surface area contributed by atoms with Gasteiger partial charge in [0.15, 0.2) is 0 Å². The molecule has 0 amide bonds. The van der Waals surface area contributed by atoms with E-state index in [1.807, 2.05) is 0 Å². The van der Waals surface area contributed by atoms with E-state index in [1.54, 1.807) is 0 Å². The zero-order valence-corrected chi connectivity index (χ0v) is 31.0. The van der Waals surface area contributed by atoms with Crippen LogP contribution in [0.15, 0.2) is 0 Å². The van der Waals surface area contributed by atoms with Crippen LogP contribution in [-0.4, -0.2) is 100 Å². The summed E-state index contributed by atoms with van der Waals surface area (Å²) in [7, 11) is 2.06. The van der Waals surface area contributed by atoms with Gasteiger partial charge in [-0.1, -0.05) is 91.9 Å². The third kappa shape index (κ3) is 38.1. The molecule has 0 heterocycles. The van der Waals surface area contributed by atoms with Gasteiger partial charge in [-0.2, -0.15) is 0 Å². The maximum Gasteiger partial charge on any atom is 0.307 e. The second kappa shape index (κ2) is 38.2. The molecule has 0 aliphatic carbocycles. The fourth-order valence-electron chi connectivity index (χ4n) is 4.68. The van der Waals surface area contributed by atoms with Crippen LogP contribution < -0.4 is 0 Å². The maximum absolute atomic E-state index is 12.2. The van der Waals surface area contributed by atoms with E-state index in [1.165, 1.54) is 51.4 Å². The number of likely N-dealkylation sites (N-methyl/N-ethyl adjacent to an activating group) is 1. The minimum absolute atomic E-state index is 0.152. The molecule has 0 spiro atoms. The topological polar surface area (TPSA) is 112 Å². The Morgan fingerprint density at radius 2 is 0.894 bits per heavy atom. The second-order valence-electron chi connectivity index (χ2n) is 12.3. The van der Waals surface area contributed by atoms with Crippen LogP contribution in [0, 0.1) is 0 Å². The lowest BCUT2D eigenvalue weighted by Gasteiger charge is -2.25. The average Bonchev–Trinajstić information content (AvgIpc) is 3.06. The summed E-state index contributed by atoms with van der Waals surface area (Å²) in [5, 5.41) is 0. The smallest absolute Gasteiger partial charge is 0.307 e. The molecule has 10 nitrogen and oxygen atoms in total. The number of carbonyl (C=O) groups excluding carboxylic acids is 4. The minimum Gasteiger partial charge on any atom is -0.468 e. The van der Waals surface area contributed by atoms with Crippen LogP contribution in [0.2, 0.25) is 0 Å². The van der Waals surface area contributed by atoms with Crippen LogP contribution in [0.5, 0.6) is 0 Å². The van der Waals surface area contributed by atoms with Gasteiger partial charge in [-0.3, -0.25) is 19.2 Å². The molecule has 0 saturated carbocycles. The van der Waals surface area contributed by atoms with Gasteiger partial charge in [0, 0.05) is 32.6 Å². The van der Waals surface area contributed by atoms with Crippen LogP contribution in [0.3, 0.4) is 0 Å². The summed E-state index contributed by atoms with van der Waals surface area (Å²) >= 11 is 0. The first-order valence-corrected chi connectivity index (χ1v) is 18.8. The zero-order valence-electron chi connectivity index (χ0n) is 31.0. The van der Waals surface area contributed by atoms with Crippen molar-refractivity contribution in [3.63, 3.8) is 0 Å². The average molecular weight is 673 g/mol. The largest absolute Gasteiger partial charge is 0.468 e. The highest BCUT2D eigenvalue weighted by Gasteiger charge is 2.13. The summed E-state index contributed by atoms with van der Waals surface area (Å²) < 4.78 is 20.5. The molecular weight excluding hydrogens is 600 g/mol. The normalized spacial score (nSPS) is 10.8. The van der Waals surface area contributed by atoms with Gasteiger partial charge in [-0.05, 0) is 52.1 Å². The van der Waals surface area contributed by atoms with E-state index < -0.39 is 0 Å². The quantitative estimate of drug-likeness (QED) is 0.0301. The number of rotatable bonds is 33. The molecule has 0 N–H and O–H groups in total. The molecule has 0 rings (SSSR count). The number of carbonyl (C=O) groups is 4. The third-order valence-electron chi connectivity index (χ3n) is 7.66.